The Morgan fingerprint density at radius 1 is 1.47 bits per heavy atom. The highest BCUT2D eigenvalue weighted by atomic mass is 16.4. The van der Waals surface area contributed by atoms with E-state index in [9.17, 15) is 19.2 Å². The van der Waals surface area contributed by atoms with Crippen LogP contribution in [0, 0.1) is 12.3 Å². The van der Waals surface area contributed by atoms with E-state index < -0.39 is 36.9 Å². The second-order valence-corrected chi connectivity index (χ2v) is 3.97. The largest absolute Gasteiger partial charge is 0.480 e. The van der Waals surface area contributed by atoms with Crippen LogP contribution in [-0.4, -0.2) is 76.8 Å². The third kappa shape index (κ3) is 3.45. The van der Waals surface area contributed by atoms with Gasteiger partial charge in [-0.3, -0.25) is 19.3 Å². The molecule has 0 bridgehead atoms. The molecule has 8 nitrogen and oxygen atoms in total. The zero-order valence-corrected chi connectivity index (χ0v) is 10.3. The van der Waals surface area contributed by atoms with E-state index in [4.69, 9.17) is 11.5 Å². The lowest BCUT2D eigenvalue weighted by atomic mass is 10.4. The van der Waals surface area contributed by atoms with Crippen molar-refractivity contribution >= 4 is 23.8 Å². The monoisotopic (exact) mass is 267 g/mol. The van der Waals surface area contributed by atoms with Gasteiger partial charge in [-0.1, -0.05) is 5.92 Å². The van der Waals surface area contributed by atoms with Gasteiger partial charge in [-0.15, -0.1) is 6.42 Å². The SMILES string of the molecule is C#CCN(CC(=O)O)C(=O)CN1C(=O)CN(C)C1=O. The molecule has 0 aliphatic carbocycles. The molecular weight excluding hydrogens is 254 g/mol. The number of carboxylic acid groups (broad SMARTS) is 1. The molecule has 0 aromatic heterocycles. The average Bonchev–Trinajstić information content (AvgIpc) is 2.55. The number of likely N-dealkylation sites (N-methyl/N-ethyl adjacent to an activating group) is 1. The Morgan fingerprint density at radius 2 is 2.11 bits per heavy atom. The van der Waals surface area contributed by atoms with Crippen LogP contribution >= 0.6 is 0 Å². The van der Waals surface area contributed by atoms with Gasteiger partial charge in [0.2, 0.25) is 5.91 Å². The van der Waals surface area contributed by atoms with Crippen molar-refractivity contribution in [3.8, 4) is 12.3 Å². The van der Waals surface area contributed by atoms with E-state index >= 15 is 0 Å². The Labute approximate surface area is 109 Å². The van der Waals surface area contributed by atoms with E-state index in [1.807, 2.05) is 0 Å². The predicted molar refractivity (Wildman–Crippen MR) is 62.8 cm³/mol. The van der Waals surface area contributed by atoms with E-state index in [1.54, 1.807) is 0 Å². The Kier molecular flexibility index (Phi) is 4.47. The van der Waals surface area contributed by atoms with Crippen molar-refractivity contribution in [3.05, 3.63) is 0 Å². The summed E-state index contributed by atoms with van der Waals surface area (Å²) in [5, 5.41) is 8.65. The molecule has 8 heteroatoms. The molecule has 1 rings (SSSR count). The van der Waals surface area contributed by atoms with Crippen LogP contribution in [0.1, 0.15) is 0 Å². The summed E-state index contributed by atoms with van der Waals surface area (Å²) in [6.07, 6.45) is 5.04. The molecule has 0 radical (unpaired) electrons. The van der Waals surface area contributed by atoms with Gasteiger partial charge in [0.15, 0.2) is 0 Å². The summed E-state index contributed by atoms with van der Waals surface area (Å²) >= 11 is 0. The smallest absolute Gasteiger partial charge is 0.327 e. The van der Waals surface area contributed by atoms with E-state index in [0.29, 0.717) is 0 Å². The van der Waals surface area contributed by atoms with E-state index in [-0.39, 0.29) is 13.1 Å². The lowest BCUT2D eigenvalue weighted by Gasteiger charge is -2.21. The van der Waals surface area contributed by atoms with Crippen molar-refractivity contribution in [3.63, 3.8) is 0 Å². The van der Waals surface area contributed by atoms with Crippen LogP contribution in [0.5, 0.6) is 0 Å². The molecule has 0 aromatic rings. The first-order valence-electron chi connectivity index (χ1n) is 5.35. The van der Waals surface area contributed by atoms with Crippen molar-refractivity contribution < 1.29 is 24.3 Å². The van der Waals surface area contributed by atoms with Gasteiger partial charge in [0.05, 0.1) is 6.54 Å². The zero-order valence-electron chi connectivity index (χ0n) is 10.3. The van der Waals surface area contributed by atoms with Crippen molar-refractivity contribution in [2.24, 2.45) is 0 Å². The van der Waals surface area contributed by atoms with Gasteiger partial charge < -0.3 is 14.9 Å². The number of aliphatic carboxylic acids is 1. The van der Waals surface area contributed by atoms with Crippen molar-refractivity contribution in [2.45, 2.75) is 0 Å². The molecule has 1 saturated heterocycles. The average molecular weight is 267 g/mol. The fourth-order valence-electron chi connectivity index (χ4n) is 1.57. The number of carbonyl (C=O) groups is 4. The third-order valence-electron chi connectivity index (χ3n) is 2.49. The molecule has 0 unspecified atom stereocenters. The number of nitrogens with zero attached hydrogens (tertiary/aromatic N) is 3. The summed E-state index contributed by atoms with van der Waals surface area (Å²) in [5.41, 5.74) is 0. The fraction of sp³-hybridized carbons (Fsp3) is 0.455. The van der Waals surface area contributed by atoms with Gasteiger partial charge in [-0.05, 0) is 0 Å². The molecule has 1 aliphatic rings. The molecule has 19 heavy (non-hydrogen) atoms. The molecule has 1 aliphatic heterocycles. The number of hydrogen-bond donors (Lipinski definition) is 1. The number of terminal acetylenes is 1. The minimum atomic E-state index is -1.22. The summed E-state index contributed by atoms with van der Waals surface area (Å²) < 4.78 is 0. The lowest BCUT2D eigenvalue weighted by molar-refractivity contribution is -0.144. The van der Waals surface area contributed by atoms with Gasteiger partial charge in [0.25, 0.3) is 5.91 Å². The molecule has 1 fully saturated rings. The number of carboxylic acids is 1. The topological polar surface area (TPSA) is 98.2 Å². The summed E-state index contributed by atoms with van der Waals surface area (Å²) in [5.74, 6) is -0.255. The number of urea groups is 1. The van der Waals surface area contributed by atoms with Gasteiger partial charge in [-0.25, -0.2) is 4.79 Å². The number of hydrogen-bond acceptors (Lipinski definition) is 4. The van der Waals surface area contributed by atoms with Crippen LogP contribution in [0.2, 0.25) is 0 Å². The summed E-state index contributed by atoms with van der Waals surface area (Å²) in [4.78, 5) is 48.3. The molecule has 0 aromatic carbocycles. The Bertz CT molecular complexity index is 467. The highest BCUT2D eigenvalue weighted by molar-refractivity contribution is 6.04. The van der Waals surface area contributed by atoms with Crippen LogP contribution in [0.4, 0.5) is 4.79 Å². The van der Waals surface area contributed by atoms with Crippen LogP contribution < -0.4 is 0 Å². The molecule has 0 atom stereocenters. The normalized spacial score (nSPS) is 14.5. The van der Waals surface area contributed by atoms with E-state index in [1.165, 1.54) is 11.9 Å². The second-order valence-electron chi connectivity index (χ2n) is 3.97. The number of amides is 4. The number of carbonyl (C=O) groups excluding carboxylic acids is 3. The lowest BCUT2D eigenvalue weighted by Crippen LogP contribution is -2.45. The molecular formula is C11H13N3O5. The maximum absolute atomic E-state index is 11.8. The van der Waals surface area contributed by atoms with Gasteiger partial charge >= 0.3 is 12.0 Å². The number of imide groups is 1. The molecule has 0 spiro atoms. The summed E-state index contributed by atoms with van der Waals surface area (Å²) in [6.45, 7) is -1.37. The first-order chi connectivity index (χ1) is 8.86. The third-order valence-corrected chi connectivity index (χ3v) is 2.49. The number of rotatable bonds is 5. The van der Waals surface area contributed by atoms with Gasteiger partial charge in [0, 0.05) is 7.05 Å². The van der Waals surface area contributed by atoms with Crippen LogP contribution in [0.15, 0.2) is 0 Å². The van der Waals surface area contributed by atoms with Gasteiger partial charge in [0.1, 0.15) is 19.6 Å². The second kappa shape index (κ2) is 5.86. The van der Waals surface area contributed by atoms with E-state index in [2.05, 4.69) is 5.92 Å². The standard InChI is InChI=1S/C11H13N3O5/c1-3-4-13(7-10(17)18)8(15)6-14-9(16)5-12(2)11(14)19/h1H,4-7H2,2H3,(H,17,18). The van der Waals surface area contributed by atoms with Crippen molar-refractivity contribution in [2.75, 3.05) is 33.2 Å². The molecule has 4 amide bonds. The first-order valence-corrected chi connectivity index (χ1v) is 5.35. The first kappa shape index (κ1) is 14.5. The van der Waals surface area contributed by atoms with Crippen LogP contribution in [0.25, 0.3) is 0 Å². The maximum atomic E-state index is 11.8. The van der Waals surface area contributed by atoms with E-state index in [0.717, 1.165) is 9.80 Å². The Hall–Kier alpha value is -2.56. The Morgan fingerprint density at radius 3 is 2.53 bits per heavy atom. The minimum absolute atomic E-state index is 0.0970. The minimum Gasteiger partial charge on any atom is -0.480 e. The molecule has 1 heterocycles. The van der Waals surface area contributed by atoms with Crippen LogP contribution in [0.3, 0.4) is 0 Å². The zero-order chi connectivity index (χ0) is 14.6. The van der Waals surface area contributed by atoms with Crippen molar-refractivity contribution in [1.29, 1.82) is 0 Å². The Balaban J connectivity index is 2.71. The predicted octanol–water partition coefficient (Wildman–Crippen LogP) is -1.57. The molecule has 102 valence electrons. The van der Waals surface area contributed by atoms with Gasteiger partial charge in [-0.2, -0.15) is 0 Å². The van der Waals surface area contributed by atoms with Crippen molar-refractivity contribution in [1.82, 2.24) is 14.7 Å². The fourth-order valence-corrected chi connectivity index (χ4v) is 1.57. The summed E-state index contributed by atoms with van der Waals surface area (Å²) in [6, 6.07) is -0.589. The molecule has 1 N–H and O–H groups in total. The quantitative estimate of drug-likeness (QED) is 0.479. The van der Waals surface area contributed by atoms with Crippen LogP contribution in [-0.2, 0) is 14.4 Å². The summed E-state index contributed by atoms with van der Waals surface area (Å²) in [7, 11) is 1.43. The maximum Gasteiger partial charge on any atom is 0.327 e. The highest BCUT2D eigenvalue weighted by Crippen LogP contribution is 2.08. The highest BCUT2D eigenvalue weighted by Gasteiger charge is 2.35. The molecule has 0 saturated carbocycles.